The number of hydrogen-bond donors (Lipinski definition) is 0. The van der Waals surface area contributed by atoms with Gasteiger partial charge in [-0.15, -0.1) is 10.2 Å². The molecule has 0 aliphatic carbocycles. The molecule has 33 heavy (non-hydrogen) atoms. The maximum absolute atomic E-state index is 8.49. The second kappa shape index (κ2) is 11.3. The fourth-order valence-electron chi connectivity index (χ4n) is 3.12. The summed E-state index contributed by atoms with van der Waals surface area (Å²) in [6.45, 7) is 4.23. The van der Waals surface area contributed by atoms with E-state index >= 15 is 0 Å². The van der Waals surface area contributed by atoms with E-state index in [1.54, 1.807) is 0 Å². The van der Waals surface area contributed by atoms with Crippen molar-refractivity contribution in [1.82, 2.24) is 0 Å². The molecule has 1 aromatic heterocycles. The van der Waals surface area contributed by atoms with E-state index in [-0.39, 0.29) is 0 Å². The maximum Gasteiger partial charge on any atom is 0.239 e. The average Bonchev–Trinajstić information content (AvgIpc) is 2.77. The molecule has 0 radical (unpaired) electrons. The van der Waals surface area contributed by atoms with Crippen LogP contribution in [0.4, 0.5) is 0 Å². The summed E-state index contributed by atoms with van der Waals surface area (Å²) >= 11 is 1.83. The molecule has 0 saturated heterocycles. The van der Waals surface area contributed by atoms with E-state index in [1.165, 1.54) is 42.8 Å². The van der Waals surface area contributed by atoms with Gasteiger partial charge in [0.25, 0.3) is 0 Å². The van der Waals surface area contributed by atoms with Crippen molar-refractivity contribution in [2.45, 2.75) is 13.8 Å². The van der Waals surface area contributed by atoms with Crippen LogP contribution < -0.4 is 18.6 Å². The van der Waals surface area contributed by atoms with Gasteiger partial charge in [0.05, 0.1) is 0 Å². The molecule has 0 fully saturated rings. The first-order valence-corrected chi connectivity index (χ1v) is 12.2. The van der Waals surface area contributed by atoms with Crippen LogP contribution >= 0.6 is 11.3 Å². The van der Waals surface area contributed by atoms with Crippen LogP contribution in [0, 0.1) is 24.1 Å². The summed E-state index contributed by atoms with van der Waals surface area (Å²) in [5, 5.41) is 1.29. The van der Waals surface area contributed by atoms with Crippen LogP contribution in [-0.4, -0.2) is 0 Å². The van der Waals surface area contributed by atoms with Crippen molar-refractivity contribution >= 4 is 45.7 Å². The minimum absolute atomic E-state index is 1.22. The number of halogens is 1. The molecular formula is C27H23ClO4S. The SMILES string of the molecule is Cc1ccc(C=Cc2cc(C=Cc3ccc(C)cc3)c3ccccc3[s+]2)cc1.[O-][Cl+3]([O-])([O-])[O-]. The normalized spacial score (nSPS) is 11.7. The highest BCUT2D eigenvalue weighted by molar-refractivity contribution is 7.19. The summed E-state index contributed by atoms with van der Waals surface area (Å²) in [4.78, 5) is 1.25. The Balaban J connectivity index is 0.000000555. The minimum Gasteiger partial charge on any atom is -0.222 e. The van der Waals surface area contributed by atoms with Gasteiger partial charge in [0.15, 0.2) is 0 Å². The van der Waals surface area contributed by atoms with Crippen molar-refractivity contribution in [2.24, 2.45) is 0 Å². The van der Waals surface area contributed by atoms with Gasteiger partial charge in [-0.1, -0.05) is 83.9 Å². The molecule has 0 aliphatic heterocycles. The molecule has 168 valence electrons. The third-order valence-electron chi connectivity index (χ3n) is 4.77. The Hall–Kier alpha value is -2.90. The second-order valence-electron chi connectivity index (χ2n) is 7.47. The highest BCUT2D eigenvalue weighted by atomic mass is 35.7. The van der Waals surface area contributed by atoms with Gasteiger partial charge >= 0.3 is 0 Å². The molecule has 3 aromatic carbocycles. The number of rotatable bonds is 4. The molecule has 0 spiro atoms. The van der Waals surface area contributed by atoms with Crippen LogP contribution in [0.15, 0.2) is 78.9 Å². The predicted molar refractivity (Wildman–Crippen MR) is 126 cm³/mol. The van der Waals surface area contributed by atoms with E-state index in [2.05, 4.69) is 117 Å². The standard InChI is InChI=1S/C27H23S.ClHO4/c1-20-7-11-22(12-8-20)15-17-24-19-25(28-27-6-4-3-5-26(24)27)18-16-23-13-9-21(2)10-14-23;2-1(3,4)5/h3-19H,1-2H3;(H,2,3,4,5)/q+1;/p-1. The van der Waals surface area contributed by atoms with Gasteiger partial charge in [0, 0.05) is 23.6 Å². The van der Waals surface area contributed by atoms with E-state index in [0.29, 0.717) is 0 Å². The first kappa shape index (κ1) is 24.7. The van der Waals surface area contributed by atoms with Gasteiger partial charge in [-0.2, -0.15) is 0 Å². The van der Waals surface area contributed by atoms with Gasteiger partial charge < -0.3 is 0 Å². The number of hydrogen-bond acceptors (Lipinski definition) is 4. The van der Waals surface area contributed by atoms with Crippen LogP contribution in [0.2, 0.25) is 0 Å². The van der Waals surface area contributed by atoms with Crippen molar-refractivity contribution < 1.29 is 28.9 Å². The van der Waals surface area contributed by atoms with Crippen LogP contribution in [0.5, 0.6) is 0 Å². The minimum atomic E-state index is -4.94. The molecule has 4 nitrogen and oxygen atoms in total. The lowest BCUT2D eigenvalue weighted by Crippen LogP contribution is -2.68. The fourth-order valence-corrected chi connectivity index (χ4v) is 4.14. The summed E-state index contributed by atoms with van der Waals surface area (Å²) in [5.41, 5.74) is 6.27. The summed E-state index contributed by atoms with van der Waals surface area (Å²) in [5.74, 6) is 0. The van der Waals surface area contributed by atoms with E-state index in [0.717, 1.165) is 0 Å². The van der Waals surface area contributed by atoms with Crippen LogP contribution in [-0.2, 0) is 0 Å². The Kier molecular flexibility index (Phi) is 8.47. The monoisotopic (exact) mass is 478 g/mol. The van der Waals surface area contributed by atoms with E-state index < -0.39 is 10.2 Å². The van der Waals surface area contributed by atoms with Gasteiger partial charge in [0.2, 0.25) is 20.9 Å². The number of aryl methyl sites for hydroxylation is 2. The first-order valence-electron chi connectivity index (χ1n) is 10.1. The summed E-state index contributed by atoms with van der Waals surface area (Å²) in [7, 11) is -4.94. The molecule has 0 bridgehead atoms. The van der Waals surface area contributed by atoms with Crippen molar-refractivity contribution in [3.8, 4) is 0 Å². The van der Waals surface area contributed by atoms with Crippen LogP contribution in [0.25, 0.3) is 34.4 Å². The van der Waals surface area contributed by atoms with Crippen molar-refractivity contribution in [3.05, 3.63) is 112 Å². The largest absolute Gasteiger partial charge is 0.239 e. The topological polar surface area (TPSA) is 92.2 Å². The highest BCUT2D eigenvalue weighted by Crippen LogP contribution is 2.29. The lowest BCUT2D eigenvalue weighted by atomic mass is 10.1. The summed E-state index contributed by atoms with van der Waals surface area (Å²) < 4.78 is 35.3. The summed E-state index contributed by atoms with van der Waals surface area (Å²) in [6, 6.07) is 28.2. The Labute approximate surface area is 199 Å². The Morgan fingerprint density at radius 2 is 1.12 bits per heavy atom. The number of fused-ring (bicyclic) bond motifs is 1. The Morgan fingerprint density at radius 3 is 1.67 bits per heavy atom. The van der Waals surface area contributed by atoms with E-state index in [1.807, 2.05) is 11.3 Å². The van der Waals surface area contributed by atoms with E-state index in [4.69, 9.17) is 18.6 Å². The molecule has 1 heterocycles. The smallest absolute Gasteiger partial charge is 0.222 e. The van der Waals surface area contributed by atoms with Crippen LogP contribution in [0.3, 0.4) is 0 Å². The van der Waals surface area contributed by atoms with Crippen molar-refractivity contribution in [1.29, 1.82) is 0 Å². The first-order chi connectivity index (χ1) is 15.7. The molecule has 0 aliphatic rings. The lowest BCUT2D eigenvalue weighted by Gasteiger charge is -2.17. The average molecular weight is 479 g/mol. The molecule has 6 heteroatoms. The van der Waals surface area contributed by atoms with Crippen molar-refractivity contribution in [2.75, 3.05) is 0 Å². The Bertz CT molecular complexity index is 1250. The third-order valence-corrected chi connectivity index (χ3v) is 5.84. The fraction of sp³-hybridized carbons (Fsp3) is 0.0741. The molecule has 4 aromatic rings. The van der Waals surface area contributed by atoms with Gasteiger partial charge in [-0.05, 0) is 42.7 Å². The maximum atomic E-state index is 8.49. The molecule has 4 rings (SSSR count). The zero-order valence-corrected chi connectivity index (χ0v) is 19.8. The van der Waals surface area contributed by atoms with Gasteiger partial charge in [0.1, 0.15) is 0 Å². The van der Waals surface area contributed by atoms with E-state index in [9.17, 15) is 0 Å². The predicted octanol–water partition coefficient (Wildman–Crippen LogP) is 3.38. The molecule has 0 N–H and O–H groups in total. The molecular weight excluding hydrogens is 456 g/mol. The molecule has 0 saturated carbocycles. The third kappa shape index (κ3) is 8.51. The zero-order chi connectivity index (χ0) is 23.8. The molecule has 0 atom stereocenters. The van der Waals surface area contributed by atoms with Crippen LogP contribution in [0.1, 0.15) is 32.7 Å². The lowest BCUT2D eigenvalue weighted by molar-refractivity contribution is -2.00. The van der Waals surface area contributed by atoms with Gasteiger partial charge in [-0.3, -0.25) is 0 Å². The molecule has 0 amide bonds. The molecule has 0 unspecified atom stereocenters. The highest BCUT2D eigenvalue weighted by Gasteiger charge is 2.12. The number of benzene rings is 3. The zero-order valence-electron chi connectivity index (χ0n) is 18.2. The van der Waals surface area contributed by atoms with Gasteiger partial charge in [-0.25, -0.2) is 18.6 Å². The quantitative estimate of drug-likeness (QED) is 0.420. The Morgan fingerprint density at radius 1 is 0.636 bits per heavy atom. The van der Waals surface area contributed by atoms with Crippen molar-refractivity contribution in [3.63, 3.8) is 0 Å². The summed E-state index contributed by atoms with van der Waals surface area (Å²) in [6.07, 6.45) is 8.82. The second-order valence-corrected chi connectivity index (χ2v) is 9.34.